The minimum atomic E-state index is 0.440. The van der Waals surface area contributed by atoms with E-state index in [1.54, 1.807) is 7.11 Å². The van der Waals surface area contributed by atoms with Crippen molar-refractivity contribution in [3.05, 3.63) is 0 Å². The summed E-state index contributed by atoms with van der Waals surface area (Å²) in [6.45, 7) is 6.41. The summed E-state index contributed by atoms with van der Waals surface area (Å²) in [5, 5.41) is 0. The molecule has 3 rings (SSSR count). The molecule has 2 bridgehead atoms. The van der Waals surface area contributed by atoms with Crippen LogP contribution in [0.15, 0.2) is 0 Å². The van der Waals surface area contributed by atoms with Crippen LogP contribution in [0.4, 0.5) is 0 Å². The number of hydrogen-bond acceptors (Lipinski definition) is 3. The molecule has 0 aromatic rings. The second-order valence-electron chi connectivity index (χ2n) is 5.60. The van der Waals surface area contributed by atoms with Crippen LogP contribution in [-0.2, 0) is 9.47 Å². The topological polar surface area (TPSA) is 21.7 Å². The Balaban J connectivity index is 1.70. The fourth-order valence-electron chi connectivity index (χ4n) is 3.39. The molecule has 2 saturated heterocycles. The van der Waals surface area contributed by atoms with Crippen LogP contribution < -0.4 is 0 Å². The maximum atomic E-state index is 6.13. The fraction of sp³-hybridized carbons (Fsp3) is 1.00. The number of rotatable bonds is 7. The monoisotopic (exact) mass is 241 g/mol. The van der Waals surface area contributed by atoms with Crippen molar-refractivity contribution in [1.29, 1.82) is 0 Å². The lowest BCUT2D eigenvalue weighted by atomic mass is 9.78. The van der Waals surface area contributed by atoms with Gasteiger partial charge in [0.2, 0.25) is 0 Å². The van der Waals surface area contributed by atoms with Crippen LogP contribution in [0.1, 0.15) is 46.0 Å². The van der Waals surface area contributed by atoms with Gasteiger partial charge in [0.05, 0.1) is 18.8 Å². The van der Waals surface area contributed by atoms with Gasteiger partial charge in [-0.2, -0.15) is 0 Å². The van der Waals surface area contributed by atoms with Crippen LogP contribution in [0.5, 0.6) is 0 Å². The Kier molecular flexibility index (Phi) is 4.83. The molecule has 0 radical (unpaired) electrons. The minimum Gasteiger partial charge on any atom is -0.383 e. The molecule has 3 atom stereocenters. The first-order valence-electron chi connectivity index (χ1n) is 7.14. The molecule has 1 saturated carbocycles. The highest BCUT2D eigenvalue weighted by Gasteiger charge is 2.45. The van der Waals surface area contributed by atoms with Crippen molar-refractivity contribution >= 4 is 0 Å². The Hall–Kier alpha value is -0.120. The van der Waals surface area contributed by atoms with Gasteiger partial charge in [-0.05, 0) is 32.6 Å². The van der Waals surface area contributed by atoms with E-state index in [0.29, 0.717) is 12.2 Å². The molecule has 3 fully saturated rings. The lowest BCUT2D eigenvalue weighted by Gasteiger charge is -2.55. The molecular formula is C14H27NO2. The van der Waals surface area contributed by atoms with E-state index in [4.69, 9.17) is 9.47 Å². The number of nitrogens with zero attached hydrogens (tertiary/aromatic N) is 1. The SMILES string of the molecule is CCCC(C)OC1CC2CC(C1)N2CCOC. The predicted molar refractivity (Wildman–Crippen MR) is 69.3 cm³/mol. The molecule has 2 heterocycles. The van der Waals surface area contributed by atoms with E-state index in [-0.39, 0.29) is 0 Å². The van der Waals surface area contributed by atoms with E-state index in [1.807, 2.05) is 0 Å². The second kappa shape index (κ2) is 6.17. The summed E-state index contributed by atoms with van der Waals surface area (Å²) in [6, 6.07) is 1.53. The molecule has 3 heteroatoms. The van der Waals surface area contributed by atoms with Gasteiger partial charge in [-0.1, -0.05) is 13.3 Å². The molecule has 0 N–H and O–H groups in total. The molecule has 0 amide bonds. The molecule has 0 aromatic carbocycles. The summed E-state index contributed by atoms with van der Waals surface area (Å²) in [7, 11) is 1.79. The van der Waals surface area contributed by atoms with E-state index < -0.39 is 0 Å². The van der Waals surface area contributed by atoms with Crippen molar-refractivity contribution < 1.29 is 9.47 Å². The van der Waals surface area contributed by atoms with E-state index in [9.17, 15) is 0 Å². The highest BCUT2D eigenvalue weighted by atomic mass is 16.5. The van der Waals surface area contributed by atoms with Gasteiger partial charge >= 0.3 is 0 Å². The van der Waals surface area contributed by atoms with Gasteiger partial charge in [0.25, 0.3) is 0 Å². The molecule has 3 nitrogen and oxygen atoms in total. The van der Waals surface area contributed by atoms with Gasteiger partial charge < -0.3 is 9.47 Å². The second-order valence-corrected chi connectivity index (χ2v) is 5.60. The Labute approximate surface area is 105 Å². The predicted octanol–water partition coefficient (Wildman–Crippen LogP) is 2.44. The van der Waals surface area contributed by atoms with Crippen LogP contribution in [0.25, 0.3) is 0 Å². The fourth-order valence-corrected chi connectivity index (χ4v) is 3.39. The van der Waals surface area contributed by atoms with E-state index in [2.05, 4.69) is 18.7 Å². The summed E-state index contributed by atoms with van der Waals surface area (Å²) in [5.41, 5.74) is 0. The normalized spacial score (nSPS) is 34.4. The van der Waals surface area contributed by atoms with E-state index in [0.717, 1.165) is 25.2 Å². The van der Waals surface area contributed by atoms with Crippen LogP contribution in [0.3, 0.4) is 0 Å². The number of piperidine rings is 1. The van der Waals surface area contributed by atoms with Crippen molar-refractivity contribution in [3.63, 3.8) is 0 Å². The van der Waals surface area contributed by atoms with Crippen molar-refractivity contribution in [2.45, 2.75) is 70.2 Å². The third kappa shape index (κ3) is 3.21. The minimum absolute atomic E-state index is 0.440. The Morgan fingerprint density at radius 3 is 2.53 bits per heavy atom. The molecule has 17 heavy (non-hydrogen) atoms. The van der Waals surface area contributed by atoms with Gasteiger partial charge in [-0.25, -0.2) is 0 Å². The molecule has 0 spiro atoms. The third-order valence-electron chi connectivity index (χ3n) is 4.23. The molecule has 2 aliphatic heterocycles. The Morgan fingerprint density at radius 2 is 1.94 bits per heavy atom. The molecule has 1 aliphatic carbocycles. The maximum absolute atomic E-state index is 6.13. The number of methoxy groups -OCH3 is 1. The number of hydrogen-bond donors (Lipinski definition) is 0. The number of fused-ring (bicyclic) bond motifs is 2. The molecular weight excluding hydrogens is 214 g/mol. The van der Waals surface area contributed by atoms with Gasteiger partial charge in [0.1, 0.15) is 0 Å². The Bertz CT molecular complexity index is 222. The smallest absolute Gasteiger partial charge is 0.0608 e. The average Bonchev–Trinajstić information content (AvgIpc) is 2.29. The highest BCUT2D eigenvalue weighted by Crippen LogP contribution is 2.39. The van der Waals surface area contributed by atoms with Crippen LogP contribution in [0, 0.1) is 0 Å². The maximum Gasteiger partial charge on any atom is 0.0608 e. The van der Waals surface area contributed by atoms with Crippen molar-refractivity contribution in [3.8, 4) is 0 Å². The summed E-state index contributed by atoms with van der Waals surface area (Å²) in [5.74, 6) is 0. The van der Waals surface area contributed by atoms with Gasteiger partial charge in [-0.3, -0.25) is 4.90 Å². The first-order chi connectivity index (χ1) is 8.24. The third-order valence-corrected chi connectivity index (χ3v) is 4.23. The van der Waals surface area contributed by atoms with Crippen LogP contribution >= 0.6 is 0 Å². The molecule has 3 aliphatic rings. The summed E-state index contributed by atoms with van der Waals surface area (Å²) >= 11 is 0. The number of ether oxygens (including phenoxy) is 2. The summed E-state index contributed by atoms with van der Waals surface area (Å²) in [4.78, 5) is 2.61. The molecule has 0 aromatic heterocycles. The lowest BCUT2D eigenvalue weighted by molar-refractivity contribution is -0.126. The average molecular weight is 241 g/mol. The summed E-state index contributed by atoms with van der Waals surface area (Å²) in [6.07, 6.45) is 7.21. The quantitative estimate of drug-likeness (QED) is 0.683. The van der Waals surface area contributed by atoms with Crippen molar-refractivity contribution in [2.24, 2.45) is 0 Å². The lowest BCUT2D eigenvalue weighted by Crippen LogP contribution is -2.63. The zero-order valence-corrected chi connectivity index (χ0v) is 11.5. The van der Waals surface area contributed by atoms with E-state index >= 15 is 0 Å². The van der Waals surface area contributed by atoms with Crippen LogP contribution in [0.2, 0.25) is 0 Å². The van der Waals surface area contributed by atoms with Crippen molar-refractivity contribution in [2.75, 3.05) is 20.3 Å². The largest absolute Gasteiger partial charge is 0.383 e. The highest BCUT2D eigenvalue weighted by molar-refractivity contribution is 5.00. The van der Waals surface area contributed by atoms with Crippen LogP contribution in [-0.4, -0.2) is 49.5 Å². The van der Waals surface area contributed by atoms with E-state index in [1.165, 1.54) is 32.1 Å². The van der Waals surface area contributed by atoms with Crippen molar-refractivity contribution in [1.82, 2.24) is 4.90 Å². The van der Waals surface area contributed by atoms with Gasteiger partial charge in [0, 0.05) is 25.7 Å². The zero-order valence-electron chi connectivity index (χ0n) is 11.5. The van der Waals surface area contributed by atoms with Gasteiger partial charge in [0.15, 0.2) is 0 Å². The molecule has 100 valence electrons. The standard InChI is InChI=1S/C14H27NO2/c1-4-5-11(2)17-14-9-12-8-13(10-14)15(12)6-7-16-3/h11-14H,4-10H2,1-3H3. The Morgan fingerprint density at radius 1 is 1.24 bits per heavy atom. The molecule has 3 unspecified atom stereocenters. The van der Waals surface area contributed by atoms with Gasteiger partial charge in [-0.15, -0.1) is 0 Å². The first kappa shape index (κ1) is 13.3. The zero-order chi connectivity index (χ0) is 12.3. The first-order valence-corrected chi connectivity index (χ1v) is 7.14. The summed E-state index contributed by atoms with van der Waals surface area (Å²) < 4.78 is 11.3.